The molecule has 33 heavy (non-hydrogen) atoms. The molecule has 0 saturated carbocycles. The van der Waals surface area contributed by atoms with E-state index in [1.165, 1.54) is 0 Å². The number of aryl methyl sites for hydroxylation is 1. The molecule has 0 spiro atoms. The van der Waals surface area contributed by atoms with Crippen molar-refractivity contribution in [2.24, 2.45) is 0 Å². The Morgan fingerprint density at radius 3 is 2.73 bits per heavy atom. The van der Waals surface area contributed by atoms with Crippen LogP contribution in [0.15, 0.2) is 53.2 Å². The molecule has 3 aromatic rings. The van der Waals surface area contributed by atoms with E-state index >= 15 is 0 Å². The van der Waals surface area contributed by atoms with Crippen molar-refractivity contribution in [1.82, 2.24) is 25.4 Å². The second-order valence-electron chi connectivity index (χ2n) is 8.03. The third kappa shape index (κ3) is 4.88. The molecule has 4 rings (SSSR count). The smallest absolute Gasteiger partial charge is 0.257 e. The maximum absolute atomic E-state index is 13.5. The van der Waals surface area contributed by atoms with Gasteiger partial charge in [-0.25, -0.2) is 4.63 Å². The van der Waals surface area contributed by atoms with E-state index in [1.54, 1.807) is 32.2 Å². The lowest BCUT2D eigenvalue weighted by atomic mass is 9.99. The van der Waals surface area contributed by atoms with Crippen LogP contribution in [-0.4, -0.2) is 65.7 Å². The molecule has 2 heterocycles. The maximum Gasteiger partial charge on any atom is 0.257 e. The molecule has 1 aromatic heterocycles. The van der Waals surface area contributed by atoms with Crippen LogP contribution in [0.1, 0.15) is 43.7 Å². The topological polar surface area (TPSA) is 101 Å². The van der Waals surface area contributed by atoms with Gasteiger partial charge >= 0.3 is 0 Å². The predicted molar refractivity (Wildman–Crippen MR) is 121 cm³/mol. The highest BCUT2D eigenvalue weighted by Crippen LogP contribution is 2.28. The normalized spacial score (nSPS) is 16.5. The highest BCUT2D eigenvalue weighted by Gasteiger charge is 2.30. The summed E-state index contributed by atoms with van der Waals surface area (Å²) >= 11 is 0. The van der Waals surface area contributed by atoms with E-state index in [0.29, 0.717) is 47.9 Å². The summed E-state index contributed by atoms with van der Waals surface area (Å²) < 4.78 is 10.6. The summed E-state index contributed by atoms with van der Waals surface area (Å²) in [6, 6.07) is 14.7. The molecule has 1 N–H and O–H groups in total. The summed E-state index contributed by atoms with van der Waals surface area (Å²) in [5, 5.41) is 10.2. The number of nitrogens with zero attached hydrogens (tertiary/aromatic N) is 4. The number of amides is 2. The molecule has 1 aliphatic heterocycles. The second kappa shape index (κ2) is 9.83. The quantitative estimate of drug-likeness (QED) is 0.617. The van der Waals surface area contributed by atoms with Gasteiger partial charge in [0.15, 0.2) is 0 Å². The first-order valence-electron chi connectivity index (χ1n) is 10.8. The van der Waals surface area contributed by atoms with Gasteiger partial charge in [-0.05, 0) is 43.8 Å². The standard InChI is InChI=1S/C24H27N5O4/c1-16-20(27-33-26-16)15-32-22-10-5-4-9-19(22)24(31)29-12-11-28(3)21(14-29)17-7-6-8-18(13-17)23(30)25-2/h4-10,13,21H,11-12,14-15H2,1-3H3,(H,25,30). The number of para-hydroxylation sites is 1. The number of carbonyl (C=O) groups is 2. The van der Waals surface area contributed by atoms with E-state index in [0.717, 1.165) is 5.56 Å². The van der Waals surface area contributed by atoms with Crippen molar-refractivity contribution in [3.8, 4) is 5.75 Å². The molecule has 9 heteroatoms. The number of rotatable bonds is 6. The van der Waals surface area contributed by atoms with Crippen molar-refractivity contribution in [3.05, 3.63) is 76.6 Å². The van der Waals surface area contributed by atoms with E-state index < -0.39 is 0 Å². The van der Waals surface area contributed by atoms with Gasteiger partial charge in [0.05, 0.1) is 11.6 Å². The van der Waals surface area contributed by atoms with Crippen molar-refractivity contribution >= 4 is 11.8 Å². The zero-order chi connectivity index (χ0) is 23.4. The Hall–Kier alpha value is -3.72. The number of carbonyl (C=O) groups excluding carboxylic acids is 2. The summed E-state index contributed by atoms with van der Waals surface area (Å²) in [4.78, 5) is 29.6. The fourth-order valence-corrected chi connectivity index (χ4v) is 3.92. The Kier molecular flexibility index (Phi) is 6.69. The molecule has 172 valence electrons. The minimum Gasteiger partial charge on any atom is -0.486 e. The monoisotopic (exact) mass is 449 g/mol. The molecular formula is C24H27N5O4. The third-order valence-electron chi connectivity index (χ3n) is 5.92. The maximum atomic E-state index is 13.5. The van der Waals surface area contributed by atoms with Gasteiger partial charge in [-0.1, -0.05) is 34.6 Å². The number of nitrogens with one attached hydrogen (secondary N) is 1. The molecule has 9 nitrogen and oxygen atoms in total. The molecule has 0 bridgehead atoms. The van der Waals surface area contributed by atoms with Gasteiger partial charge in [0.2, 0.25) is 0 Å². The lowest BCUT2D eigenvalue weighted by Gasteiger charge is -2.40. The van der Waals surface area contributed by atoms with Crippen molar-refractivity contribution in [1.29, 1.82) is 0 Å². The van der Waals surface area contributed by atoms with Crippen LogP contribution in [0.5, 0.6) is 5.75 Å². The average molecular weight is 450 g/mol. The second-order valence-corrected chi connectivity index (χ2v) is 8.03. The molecule has 1 unspecified atom stereocenters. The van der Waals surface area contributed by atoms with Crippen molar-refractivity contribution in [2.45, 2.75) is 19.6 Å². The zero-order valence-electron chi connectivity index (χ0n) is 18.9. The van der Waals surface area contributed by atoms with Gasteiger partial charge in [0, 0.05) is 32.2 Å². The first-order chi connectivity index (χ1) is 16.0. The number of hydrogen-bond acceptors (Lipinski definition) is 7. The Bertz CT molecular complexity index is 1150. The van der Waals surface area contributed by atoms with E-state index in [2.05, 4.69) is 20.5 Å². The Morgan fingerprint density at radius 1 is 1.15 bits per heavy atom. The minimum atomic E-state index is -0.133. The van der Waals surface area contributed by atoms with Crippen LogP contribution in [-0.2, 0) is 6.61 Å². The number of likely N-dealkylation sites (N-methyl/N-ethyl adjacent to an activating group) is 1. The number of benzene rings is 2. The Morgan fingerprint density at radius 2 is 1.97 bits per heavy atom. The van der Waals surface area contributed by atoms with Gasteiger partial charge in [-0.15, -0.1) is 0 Å². The summed E-state index contributed by atoms with van der Waals surface area (Å²) in [6.45, 7) is 3.77. The van der Waals surface area contributed by atoms with Crippen molar-refractivity contribution in [3.63, 3.8) is 0 Å². The zero-order valence-corrected chi connectivity index (χ0v) is 18.9. The molecule has 0 radical (unpaired) electrons. The number of aromatic nitrogens is 2. The van der Waals surface area contributed by atoms with Crippen LogP contribution in [0.3, 0.4) is 0 Å². The molecule has 1 atom stereocenters. The summed E-state index contributed by atoms with van der Waals surface area (Å²) in [5.41, 5.74) is 3.33. The van der Waals surface area contributed by atoms with Gasteiger partial charge in [0.25, 0.3) is 11.8 Å². The van der Waals surface area contributed by atoms with Crippen LogP contribution in [0.25, 0.3) is 0 Å². The van der Waals surface area contributed by atoms with E-state index in [1.807, 2.05) is 42.3 Å². The van der Waals surface area contributed by atoms with Gasteiger partial charge in [0.1, 0.15) is 23.7 Å². The first kappa shape index (κ1) is 22.5. The van der Waals surface area contributed by atoms with Gasteiger partial charge < -0.3 is 15.0 Å². The SMILES string of the molecule is CNC(=O)c1cccc(C2CN(C(=O)c3ccccc3OCc3nonc3C)CCN2C)c1. The highest BCUT2D eigenvalue weighted by atomic mass is 16.6. The Balaban J connectivity index is 1.52. The summed E-state index contributed by atoms with van der Waals surface area (Å²) in [5.74, 6) is 0.259. The van der Waals surface area contributed by atoms with Crippen LogP contribution in [0, 0.1) is 6.92 Å². The van der Waals surface area contributed by atoms with Crippen molar-refractivity contribution < 1.29 is 19.0 Å². The first-order valence-corrected chi connectivity index (χ1v) is 10.8. The molecule has 1 fully saturated rings. The van der Waals surface area contributed by atoms with Gasteiger partial charge in [-0.2, -0.15) is 0 Å². The van der Waals surface area contributed by atoms with E-state index in [9.17, 15) is 9.59 Å². The lowest BCUT2D eigenvalue weighted by molar-refractivity contribution is 0.0541. The fraction of sp³-hybridized carbons (Fsp3) is 0.333. The molecular weight excluding hydrogens is 422 g/mol. The van der Waals surface area contributed by atoms with Crippen LogP contribution >= 0.6 is 0 Å². The fourth-order valence-electron chi connectivity index (χ4n) is 3.92. The number of hydrogen-bond donors (Lipinski definition) is 1. The number of ether oxygens (including phenoxy) is 1. The summed E-state index contributed by atoms with van der Waals surface area (Å²) in [6.07, 6.45) is 0. The van der Waals surface area contributed by atoms with Crippen LogP contribution < -0.4 is 10.1 Å². The van der Waals surface area contributed by atoms with Crippen LogP contribution in [0.2, 0.25) is 0 Å². The van der Waals surface area contributed by atoms with Crippen LogP contribution in [0.4, 0.5) is 0 Å². The minimum absolute atomic E-state index is 0.0239. The molecule has 1 saturated heterocycles. The highest BCUT2D eigenvalue weighted by molar-refractivity contribution is 5.97. The molecule has 2 aromatic carbocycles. The predicted octanol–water partition coefficient (Wildman–Crippen LogP) is 2.45. The third-order valence-corrected chi connectivity index (χ3v) is 5.92. The van der Waals surface area contributed by atoms with Gasteiger partial charge in [-0.3, -0.25) is 14.5 Å². The average Bonchev–Trinajstić information content (AvgIpc) is 3.27. The van der Waals surface area contributed by atoms with Crippen molar-refractivity contribution in [2.75, 3.05) is 33.7 Å². The number of piperazine rings is 1. The molecule has 0 aliphatic carbocycles. The molecule has 2 amide bonds. The lowest BCUT2D eigenvalue weighted by Crippen LogP contribution is -2.49. The molecule has 1 aliphatic rings. The summed E-state index contributed by atoms with van der Waals surface area (Å²) in [7, 11) is 3.65. The largest absolute Gasteiger partial charge is 0.486 e. The van der Waals surface area contributed by atoms with E-state index in [-0.39, 0.29) is 24.5 Å². The Labute approximate surface area is 192 Å². The van der Waals surface area contributed by atoms with E-state index in [4.69, 9.17) is 9.37 Å².